The highest BCUT2D eigenvalue weighted by molar-refractivity contribution is 5.50. The lowest BCUT2D eigenvalue weighted by atomic mass is 10.1. The third-order valence-corrected chi connectivity index (χ3v) is 3.34. The lowest BCUT2D eigenvalue weighted by Crippen LogP contribution is -2.21. The van der Waals surface area contributed by atoms with Gasteiger partial charge in [-0.3, -0.25) is 0 Å². The van der Waals surface area contributed by atoms with Crippen LogP contribution in [0.2, 0.25) is 0 Å². The number of hydrogen-bond donors (Lipinski definition) is 2. The molecule has 4 heteroatoms. The van der Waals surface area contributed by atoms with Crippen LogP contribution in [0.1, 0.15) is 25.0 Å². The summed E-state index contributed by atoms with van der Waals surface area (Å²) in [6.45, 7) is 3.24. The Morgan fingerprint density at radius 2 is 2.29 bits per heavy atom. The first-order valence-electron chi connectivity index (χ1n) is 5.95. The fraction of sp³-hybridized carbons (Fsp3) is 0.538. The number of halogens is 1. The van der Waals surface area contributed by atoms with Gasteiger partial charge in [-0.1, -0.05) is 6.07 Å². The van der Waals surface area contributed by atoms with Gasteiger partial charge < -0.3 is 15.1 Å². The maximum absolute atomic E-state index is 13.9. The molecule has 0 spiro atoms. The van der Waals surface area contributed by atoms with Gasteiger partial charge in [0.1, 0.15) is 5.82 Å². The van der Waals surface area contributed by atoms with Crippen LogP contribution in [0.15, 0.2) is 18.2 Å². The molecule has 94 valence electrons. The quantitative estimate of drug-likeness (QED) is 0.843. The number of rotatable bonds is 3. The van der Waals surface area contributed by atoms with Crippen LogP contribution in [0.3, 0.4) is 0 Å². The largest absolute Gasteiger partial charge is 0.396 e. The lowest BCUT2D eigenvalue weighted by molar-refractivity contribution is 0.199. The maximum atomic E-state index is 13.9. The fourth-order valence-corrected chi connectivity index (χ4v) is 2.24. The molecule has 2 atom stereocenters. The highest BCUT2D eigenvalue weighted by Gasteiger charge is 2.24. The van der Waals surface area contributed by atoms with E-state index in [-0.39, 0.29) is 18.3 Å². The van der Waals surface area contributed by atoms with Crippen LogP contribution in [0, 0.1) is 11.7 Å². The van der Waals surface area contributed by atoms with Crippen molar-refractivity contribution < 1.29 is 14.6 Å². The molecule has 1 aliphatic rings. The van der Waals surface area contributed by atoms with Crippen molar-refractivity contribution in [1.82, 2.24) is 0 Å². The van der Waals surface area contributed by atoms with Crippen LogP contribution in [-0.2, 0) is 0 Å². The second-order valence-corrected chi connectivity index (χ2v) is 4.67. The van der Waals surface area contributed by atoms with E-state index in [1.54, 1.807) is 19.1 Å². The van der Waals surface area contributed by atoms with E-state index in [0.29, 0.717) is 17.8 Å². The van der Waals surface area contributed by atoms with Gasteiger partial charge in [0.05, 0.1) is 11.8 Å². The number of hydrogen-bond acceptors (Lipinski definition) is 3. The molecule has 3 nitrogen and oxygen atoms in total. The first kappa shape index (κ1) is 12.3. The Labute approximate surface area is 100 Å². The number of anilines is 1. The fourth-order valence-electron chi connectivity index (χ4n) is 2.24. The van der Waals surface area contributed by atoms with E-state index in [1.165, 1.54) is 6.07 Å². The van der Waals surface area contributed by atoms with Crippen molar-refractivity contribution >= 4 is 5.69 Å². The van der Waals surface area contributed by atoms with E-state index >= 15 is 0 Å². The van der Waals surface area contributed by atoms with E-state index in [0.717, 1.165) is 13.0 Å². The average Bonchev–Trinajstić information content (AvgIpc) is 2.77. The van der Waals surface area contributed by atoms with Gasteiger partial charge >= 0.3 is 0 Å². The minimum absolute atomic E-state index is 0.157. The topological polar surface area (TPSA) is 43.7 Å². The minimum atomic E-state index is -0.651. The van der Waals surface area contributed by atoms with Gasteiger partial charge in [-0.05, 0) is 31.0 Å². The van der Waals surface area contributed by atoms with Crippen molar-refractivity contribution in [2.75, 3.05) is 24.6 Å². The Hall–Kier alpha value is -1.13. The molecule has 1 fully saturated rings. The van der Waals surface area contributed by atoms with E-state index in [2.05, 4.69) is 0 Å². The van der Waals surface area contributed by atoms with Gasteiger partial charge in [0, 0.05) is 25.6 Å². The average molecular weight is 239 g/mol. The molecule has 0 saturated carbocycles. The predicted molar refractivity (Wildman–Crippen MR) is 64.4 cm³/mol. The summed E-state index contributed by atoms with van der Waals surface area (Å²) in [6, 6.07) is 4.83. The van der Waals surface area contributed by atoms with Gasteiger partial charge in [-0.25, -0.2) is 4.39 Å². The zero-order valence-electron chi connectivity index (χ0n) is 9.93. The Kier molecular flexibility index (Phi) is 3.64. The zero-order chi connectivity index (χ0) is 12.4. The summed E-state index contributed by atoms with van der Waals surface area (Å²) in [5.41, 5.74) is 1.15. The summed E-state index contributed by atoms with van der Waals surface area (Å²) in [6.07, 6.45) is 0.246. The first-order valence-corrected chi connectivity index (χ1v) is 5.95. The summed E-state index contributed by atoms with van der Waals surface area (Å²) in [5, 5.41) is 18.4. The lowest BCUT2D eigenvalue weighted by Gasteiger charge is -2.20. The number of aliphatic hydroxyl groups excluding tert-OH is 2. The van der Waals surface area contributed by atoms with Gasteiger partial charge in [0.25, 0.3) is 0 Å². The van der Waals surface area contributed by atoms with Crippen molar-refractivity contribution in [2.45, 2.75) is 19.4 Å². The molecular formula is C13H18FNO2. The van der Waals surface area contributed by atoms with Crippen LogP contribution in [0.4, 0.5) is 10.1 Å². The Morgan fingerprint density at radius 3 is 2.82 bits per heavy atom. The monoisotopic (exact) mass is 239 g/mol. The molecular weight excluding hydrogens is 221 g/mol. The Bertz CT molecular complexity index is 395. The molecule has 2 N–H and O–H groups in total. The smallest absolute Gasteiger partial charge is 0.146 e. The molecule has 1 aromatic rings. The molecule has 1 aromatic carbocycles. The van der Waals surface area contributed by atoms with Crippen molar-refractivity contribution in [1.29, 1.82) is 0 Å². The zero-order valence-corrected chi connectivity index (χ0v) is 9.93. The molecule has 1 saturated heterocycles. The molecule has 2 rings (SSSR count). The standard InChI is InChI=1S/C13H18FNO2/c1-9(17)11-2-3-13(12(14)6-11)15-5-4-10(7-15)8-16/h2-3,6,9-10,16-17H,4-5,7-8H2,1H3/t9-,10?/m0/s1. The number of nitrogens with zero attached hydrogens (tertiary/aromatic N) is 1. The highest BCUT2D eigenvalue weighted by atomic mass is 19.1. The summed E-state index contributed by atoms with van der Waals surface area (Å²) in [4.78, 5) is 1.95. The molecule has 1 aliphatic heterocycles. The molecule has 0 bridgehead atoms. The van der Waals surface area contributed by atoms with Crippen molar-refractivity contribution in [3.63, 3.8) is 0 Å². The van der Waals surface area contributed by atoms with E-state index in [1.807, 2.05) is 4.90 Å². The highest BCUT2D eigenvalue weighted by Crippen LogP contribution is 2.28. The van der Waals surface area contributed by atoms with Gasteiger partial charge in [0.2, 0.25) is 0 Å². The summed E-state index contributed by atoms with van der Waals surface area (Å²) in [5.74, 6) is -0.0622. The van der Waals surface area contributed by atoms with Crippen molar-refractivity contribution in [3.8, 4) is 0 Å². The van der Waals surface area contributed by atoms with Gasteiger partial charge in [0.15, 0.2) is 0 Å². The second kappa shape index (κ2) is 5.02. The first-order chi connectivity index (χ1) is 8.11. The summed E-state index contributed by atoms with van der Waals surface area (Å²) >= 11 is 0. The molecule has 0 radical (unpaired) electrons. The van der Waals surface area contributed by atoms with Crippen LogP contribution >= 0.6 is 0 Å². The summed E-state index contributed by atoms with van der Waals surface area (Å²) in [7, 11) is 0. The molecule has 0 amide bonds. The summed E-state index contributed by atoms with van der Waals surface area (Å²) < 4.78 is 13.9. The second-order valence-electron chi connectivity index (χ2n) is 4.67. The van der Waals surface area contributed by atoms with Crippen LogP contribution in [-0.4, -0.2) is 29.9 Å². The van der Waals surface area contributed by atoms with Gasteiger partial charge in [-0.2, -0.15) is 0 Å². The normalized spacial score (nSPS) is 21.9. The minimum Gasteiger partial charge on any atom is -0.396 e. The van der Waals surface area contributed by atoms with Crippen LogP contribution in [0.5, 0.6) is 0 Å². The Balaban J connectivity index is 2.17. The molecule has 0 aliphatic carbocycles. The van der Waals surface area contributed by atoms with Crippen molar-refractivity contribution in [3.05, 3.63) is 29.6 Å². The SMILES string of the molecule is C[C@H](O)c1ccc(N2CCC(CO)C2)c(F)c1. The molecule has 1 heterocycles. The molecule has 0 aromatic heterocycles. The van der Waals surface area contributed by atoms with Crippen LogP contribution in [0.25, 0.3) is 0 Å². The van der Waals surface area contributed by atoms with E-state index in [9.17, 15) is 9.50 Å². The Morgan fingerprint density at radius 1 is 1.53 bits per heavy atom. The predicted octanol–water partition coefficient (Wildman–Crippen LogP) is 1.70. The van der Waals surface area contributed by atoms with E-state index < -0.39 is 6.10 Å². The number of benzene rings is 1. The van der Waals surface area contributed by atoms with Crippen LogP contribution < -0.4 is 4.90 Å². The number of aliphatic hydroxyl groups is 2. The van der Waals surface area contributed by atoms with E-state index in [4.69, 9.17) is 5.11 Å². The third-order valence-electron chi connectivity index (χ3n) is 3.34. The third kappa shape index (κ3) is 2.58. The van der Waals surface area contributed by atoms with Crippen molar-refractivity contribution in [2.24, 2.45) is 5.92 Å². The molecule has 17 heavy (non-hydrogen) atoms. The molecule has 1 unspecified atom stereocenters. The van der Waals surface area contributed by atoms with Gasteiger partial charge in [-0.15, -0.1) is 0 Å². The maximum Gasteiger partial charge on any atom is 0.146 e.